The molecule has 2 aliphatic rings. The number of likely N-dealkylation sites (tertiary alicyclic amines) is 1. The molecule has 2 aromatic rings. The fourth-order valence-electron chi connectivity index (χ4n) is 4.03. The van der Waals surface area contributed by atoms with E-state index in [0.717, 1.165) is 49.0 Å². The van der Waals surface area contributed by atoms with Gasteiger partial charge in [-0.2, -0.15) is 0 Å². The van der Waals surface area contributed by atoms with Crippen LogP contribution < -0.4 is 10.6 Å². The number of rotatable bonds is 7. The lowest BCUT2D eigenvalue weighted by atomic mass is 10.1. The first-order valence-electron chi connectivity index (χ1n) is 10.2. The Morgan fingerprint density at radius 3 is 2.93 bits per heavy atom. The van der Waals surface area contributed by atoms with Crippen molar-refractivity contribution in [2.75, 3.05) is 32.7 Å². The molecule has 1 unspecified atom stereocenters. The number of guanidine groups is 1. The van der Waals surface area contributed by atoms with Gasteiger partial charge in [0.05, 0.1) is 0 Å². The Kier molecular flexibility index (Phi) is 7.56. The summed E-state index contributed by atoms with van der Waals surface area (Å²) < 4.78 is 13.3. The minimum absolute atomic E-state index is 0. The first kappa shape index (κ1) is 21.4. The number of hydrogen-bond acceptors (Lipinski definition) is 2. The fourth-order valence-corrected chi connectivity index (χ4v) is 4.03. The molecule has 0 amide bonds. The molecule has 1 saturated carbocycles. The van der Waals surface area contributed by atoms with Gasteiger partial charge in [0.2, 0.25) is 0 Å². The number of nitrogens with one attached hydrogen (secondary N) is 3. The third-order valence-corrected chi connectivity index (χ3v) is 5.65. The topological polar surface area (TPSA) is 55.5 Å². The summed E-state index contributed by atoms with van der Waals surface area (Å²) in [4.78, 5) is 10.6. The highest BCUT2D eigenvalue weighted by atomic mass is 127. The Labute approximate surface area is 183 Å². The third-order valence-electron chi connectivity index (χ3n) is 5.65. The molecule has 5 nitrogen and oxygen atoms in total. The first-order valence-corrected chi connectivity index (χ1v) is 10.2. The van der Waals surface area contributed by atoms with Gasteiger partial charge in [0.25, 0.3) is 0 Å². The van der Waals surface area contributed by atoms with Gasteiger partial charge in [0.15, 0.2) is 5.96 Å². The van der Waals surface area contributed by atoms with Crippen LogP contribution in [0.3, 0.4) is 0 Å². The molecule has 1 atom stereocenters. The minimum atomic E-state index is -0.206. The number of aromatic nitrogens is 1. The molecule has 0 spiro atoms. The molecule has 4 rings (SSSR count). The van der Waals surface area contributed by atoms with Crippen molar-refractivity contribution in [1.29, 1.82) is 0 Å². The van der Waals surface area contributed by atoms with Crippen LogP contribution in [0.2, 0.25) is 0 Å². The van der Waals surface area contributed by atoms with Gasteiger partial charge in [0.1, 0.15) is 5.82 Å². The number of halogens is 2. The molecule has 0 radical (unpaired) electrons. The van der Waals surface area contributed by atoms with E-state index in [1.807, 2.05) is 12.3 Å². The van der Waals surface area contributed by atoms with Crippen molar-refractivity contribution in [2.24, 2.45) is 10.9 Å². The van der Waals surface area contributed by atoms with Crippen LogP contribution in [0.5, 0.6) is 0 Å². The van der Waals surface area contributed by atoms with Gasteiger partial charge >= 0.3 is 0 Å². The van der Waals surface area contributed by atoms with E-state index in [2.05, 4.69) is 27.4 Å². The van der Waals surface area contributed by atoms with Crippen molar-refractivity contribution in [3.8, 4) is 0 Å². The van der Waals surface area contributed by atoms with E-state index >= 15 is 0 Å². The highest BCUT2D eigenvalue weighted by molar-refractivity contribution is 14.0. The fraction of sp³-hybridized carbons (Fsp3) is 0.571. The zero-order chi connectivity index (χ0) is 18.6. The second-order valence-electron chi connectivity index (χ2n) is 7.78. The quantitative estimate of drug-likeness (QED) is 0.311. The van der Waals surface area contributed by atoms with E-state index in [1.165, 1.54) is 44.0 Å². The number of aliphatic imine (C=N–C) groups is 1. The lowest BCUT2D eigenvalue weighted by Crippen LogP contribution is -2.38. The molecule has 2 fully saturated rings. The molecule has 7 heteroatoms. The molecular formula is C21H31FIN5. The summed E-state index contributed by atoms with van der Waals surface area (Å²) in [6, 6.07) is 5.78. The van der Waals surface area contributed by atoms with Crippen LogP contribution in [0.4, 0.5) is 4.39 Å². The second-order valence-corrected chi connectivity index (χ2v) is 7.78. The van der Waals surface area contributed by atoms with Crippen molar-refractivity contribution >= 4 is 40.8 Å². The predicted octanol–water partition coefficient (Wildman–Crippen LogP) is 3.51. The van der Waals surface area contributed by atoms with Gasteiger partial charge in [-0.3, -0.25) is 4.99 Å². The Balaban J connectivity index is 0.00000225. The molecule has 3 N–H and O–H groups in total. The summed E-state index contributed by atoms with van der Waals surface area (Å²) in [5, 5.41) is 7.88. The average molecular weight is 499 g/mol. The zero-order valence-electron chi connectivity index (χ0n) is 16.5. The predicted molar refractivity (Wildman–Crippen MR) is 124 cm³/mol. The standard InChI is InChI=1S/C21H30FN5.HI/c1-2-23-21(26-12-15-8-10-27(14-15)18-4-5-18)24-9-7-16-13-25-20-11-17(22)3-6-19(16)20;/h3,6,11,13,15,18,25H,2,4-5,7-10,12,14H2,1H3,(H2,23,24,26);1H. The lowest BCUT2D eigenvalue weighted by Gasteiger charge is -2.15. The zero-order valence-corrected chi connectivity index (χ0v) is 18.8. The maximum atomic E-state index is 13.3. The molecule has 1 aromatic carbocycles. The van der Waals surface area contributed by atoms with Crippen LogP contribution in [0.15, 0.2) is 29.4 Å². The normalized spacial score (nSPS) is 20.4. The summed E-state index contributed by atoms with van der Waals surface area (Å²) in [7, 11) is 0. The van der Waals surface area contributed by atoms with Crippen LogP contribution in [-0.4, -0.2) is 54.6 Å². The van der Waals surface area contributed by atoms with Gasteiger partial charge in [-0.15, -0.1) is 24.0 Å². The molecule has 154 valence electrons. The molecule has 1 saturated heterocycles. The number of nitrogens with zero attached hydrogens (tertiary/aromatic N) is 2. The summed E-state index contributed by atoms with van der Waals surface area (Å²) in [6.45, 7) is 7.10. The van der Waals surface area contributed by atoms with Crippen LogP contribution in [0.25, 0.3) is 10.9 Å². The molecule has 0 bridgehead atoms. The summed E-state index contributed by atoms with van der Waals surface area (Å²) in [5.41, 5.74) is 2.05. The van der Waals surface area contributed by atoms with E-state index in [0.29, 0.717) is 5.92 Å². The van der Waals surface area contributed by atoms with Crippen molar-refractivity contribution in [3.63, 3.8) is 0 Å². The van der Waals surface area contributed by atoms with Gasteiger partial charge in [0, 0.05) is 49.3 Å². The number of benzene rings is 1. The summed E-state index contributed by atoms with van der Waals surface area (Å²) in [6.07, 6.45) is 6.89. The molecule has 2 heterocycles. The van der Waals surface area contributed by atoms with Crippen LogP contribution >= 0.6 is 24.0 Å². The van der Waals surface area contributed by atoms with E-state index in [-0.39, 0.29) is 29.8 Å². The maximum Gasteiger partial charge on any atom is 0.191 e. The van der Waals surface area contributed by atoms with Gasteiger partial charge in [-0.1, -0.05) is 0 Å². The molecular weight excluding hydrogens is 468 g/mol. The van der Waals surface area contributed by atoms with Crippen LogP contribution in [0.1, 0.15) is 31.7 Å². The Morgan fingerprint density at radius 2 is 2.14 bits per heavy atom. The molecule has 1 aliphatic heterocycles. The van der Waals surface area contributed by atoms with E-state index in [1.54, 1.807) is 6.07 Å². The lowest BCUT2D eigenvalue weighted by molar-refractivity contribution is 0.315. The Morgan fingerprint density at radius 1 is 1.29 bits per heavy atom. The number of H-pyrrole nitrogens is 1. The monoisotopic (exact) mass is 499 g/mol. The second kappa shape index (κ2) is 9.91. The van der Waals surface area contributed by atoms with E-state index < -0.39 is 0 Å². The van der Waals surface area contributed by atoms with Gasteiger partial charge < -0.3 is 20.5 Å². The van der Waals surface area contributed by atoms with Gasteiger partial charge in [-0.05, 0) is 68.8 Å². The molecule has 1 aromatic heterocycles. The summed E-state index contributed by atoms with van der Waals surface area (Å²) >= 11 is 0. The SMILES string of the molecule is CCNC(=NCC1CCN(C2CC2)C1)NCCc1c[nH]c2cc(F)ccc12.I. The van der Waals surface area contributed by atoms with Crippen molar-refractivity contribution in [2.45, 2.75) is 38.6 Å². The van der Waals surface area contributed by atoms with E-state index in [9.17, 15) is 4.39 Å². The smallest absolute Gasteiger partial charge is 0.191 e. The Hall–Kier alpha value is -1.35. The van der Waals surface area contributed by atoms with Crippen molar-refractivity contribution < 1.29 is 4.39 Å². The average Bonchev–Trinajstić information content (AvgIpc) is 3.28. The minimum Gasteiger partial charge on any atom is -0.361 e. The molecule has 28 heavy (non-hydrogen) atoms. The van der Waals surface area contributed by atoms with Crippen LogP contribution in [-0.2, 0) is 6.42 Å². The summed E-state index contributed by atoms with van der Waals surface area (Å²) in [5.74, 6) is 1.38. The van der Waals surface area contributed by atoms with Gasteiger partial charge in [-0.25, -0.2) is 4.39 Å². The molecule has 1 aliphatic carbocycles. The third kappa shape index (κ3) is 5.37. The van der Waals surface area contributed by atoms with Crippen molar-refractivity contribution in [1.82, 2.24) is 20.5 Å². The maximum absolute atomic E-state index is 13.3. The van der Waals surface area contributed by atoms with E-state index in [4.69, 9.17) is 4.99 Å². The Bertz CT molecular complexity index is 801. The van der Waals surface area contributed by atoms with Crippen molar-refractivity contribution in [3.05, 3.63) is 35.8 Å². The highest BCUT2D eigenvalue weighted by Gasteiger charge is 2.34. The largest absolute Gasteiger partial charge is 0.361 e. The highest BCUT2D eigenvalue weighted by Crippen LogP contribution is 2.31. The van der Waals surface area contributed by atoms with Crippen LogP contribution in [0, 0.1) is 11.7 Å². The number of hydrogen-bond donors (Lipinski definition) is 3. The first-order chi connectivity index (χ1) is 13.2. The number of fused-ring (bicyclic) bond motifs is 1. The number of aromatic amines is 1.